The van der Waals surface area contributed by atoms with Crippen LogP contribution >= 0.6 is 0 Å². The second-order valence-corrected chi connectivity index (χ2v) is 3.84. The molecule has 0 aliphatic carbocycles. The van der Waals surface area contributed by atoms with E-state index in [4.69, 9.17) is 23.7 Å². The molecule has 1 fully saturated rings. The summed E-state index contributed by atoms with van der Waals surface area (Å²) in [5.74, 6) is 0. The third-order valence-corrected chi connectivity index (χ3v) is 2.20. The molecule has 5 nitrogen and oxygen atoms in total. The molecule has 0 bridgehead atoms. The fraction of sp³-hybridized carbons (Fsp3) is 0.833. The molecule has 0 spiro atoms. The van der Waals surface area contributed by atoms with Crippen molar-refractivity contribution in [3.63, 3.8) is 0 Å². The number of ether oxygens (including phenoxy) is 5. The van der Waals surface area contributed by atoms with Gasteiger partial charge in [0.1, 0.15) is 19.0 Å². The van der Waals surface area contributed by atoms with Crippen molar-refractivity contribution in [2.45, 2.75) is 18.6 Å². The van der Waals surface area contributed by atoms with Gasteiger partial charge in [0, 0.05) is 7.11 Å². The standard InChI is InChI=1S/C12H22O5/c1-3-4-5-14-6-11(17-10-13-2)7-15-8-12-9-16-12/h3,11-12H,1,4-10H2,2H3. The first-order valence-corrected chi connectivity index (χ1v) is 5.85. The fourth-order valence-corrected chi connectivity index (χ4v) is 1.19. The predicted molar refractivity (Wildman–Crippen MR) is 62.9 cm³/mol. The van der Waals surface area contributed by atoms with E-state index < -0.39 is 0 Å². The quantitative estimate of drug-likeness (QED) is 0.222. The van der Waals surface area contributed by atoms with Crippen molar-refractivity contribution in [3.05, 3.63) is 12.7 Å². The van der Waals surface area contributed by atoms with E-state index in [0.717, 1.165) is 13.0 Å². The summed E-state index contributed by atoms with van der Waals surface area (Å²) in [5.41, 5.74) is 0. The minimum atomic E-state index is -0.0986. The third-order valence-electron chi connectivity index (χ3n) is 2.20. The Morgan fingerprint density at radius 2 is 2.18 bits per heavy atom. The molecule has 0 amide bonds. The monoisotopic (exact) mass is 246 g/mol. The first-order chi connectivity index (χ1) is 8.36. The van der Waals surface area contributed by atoms with Crippen molar-refractivity contribution in [2.24, 2.45) is 0 Å². The summed E-state index contributed by atoms with van der Waals surface area (Å²) in [4.78, 5) is 0. The fourth-order valence-electron chi connectivity index (χ4n) is 1.19. The molecule has 100 valence electrons. The predicted octanol–water partition coefficient (Wildman–Crippen LogP) is 0.984. The van der Waals surface area contributed by atoms with Crippen LogP contribution in [-0.2, 0) is 23.7 Å². The van der Waals surface area contributed by atoms with E-state index in [1.807, 2.05) is 6.08 Å². The number of rotatable bonds is 12. The largest absolute Gasteiger partial charge is 0.378 e. The van der Waals surface area contributed by atoms with Gasteiger partial charge >= 0.3 is 0 Å². The maximum absolute atomic E-state index is 5.47. The van der Waals surface area contributed by atoms with E-state index in [1.54, 1.807) is 7.11 Å². The molecule has 0 radical (unpaired) electrons. The van der Waals surface area contributed by atoms with Gasteiger partial charge in [-0.05, 0) is 6.42 Å². The lowest BCUT2D eigenvalue weighted by Gasteiger charge is -2.17. The van der Waals surface area contributed by atoms with Crippen LogP contribution in [0.1, 0.15) is 6.42 Å². The molecule has 0 saturated carbocycles. The van der Waals surface area contributed by atoms with Crippen molar-refractivity contribution >= 4 is 0 Å². The van der Waals surface area contributed by atoms with Gasteiger partial charge in [-0.3, -0.25) is 0 Å². The zero-order valence-electron chi connectivity index (χ0n) is 10.4. The van der Waals surface area contributed by atoms with Crippen LogP contribution in [0.5, 0.6) is 0 Å². The molecule has 5 heteroatoms. The van der Waals surface area contributed by atoms with Gasteiger partial charge in [-0.25, -0.2) is 0 Å². The van der Waals surface area contributed by atoms with Crippen LogP contribution in [0.15, 0.2) is 12.7 Å². The van der Waals surface area contributed by atoms with Gasteiger partial charge < -0.3 is 23.7 Å². The average Bonchev–Trinajstić information content (AvgIpc) is 3.14. The maximum Gasteiger partial charge on any atom is 0.146 e. The first-order valence-electron chi connectivity index (χ1n) is 5.85. The summed E-state index contributed by atoms with van der Waals surface area (Å²) < 4.78 is 26.3. The Labute approximate surface area is 103 Å². The molecule has 0 aromatic carbocycles. The summed E-state index contributed by atoms with van der Waals surface area (Å²) >= 11 is 0. The molecule has 0 aromatic heterocycles. The molecular weight excluding hydrogens is 224 g/mol. The van der Waals surface area contributed by atoms with E-state index in [0.29, 0.717) is 26.4 Å². The van der Waals surface area contributed by atoms with Gasteiger partial charge in [0.15, 0.2) is 0 Å². The minimum Gasteiger partial charge on any atom is -0.378 e. The van der Waals surface area contributed by atoms with E-state index in [-0.39, 0.29) is 19.0 Å². The number of hydrogen-bond donors (Lipinski definition) is 0. The Morgan fingerprint density at radius 1 is 1.41 bits per heavy atom. The highest BCUT2D eigenvalue weighted by Gasteiger charge is 2.23. The molecule has 2 unspecified atom stereocenters. The van der Waals surface area contributed by atoms with Crippen LogP contribution in [0.2, 0.25) is 0 Å². The summed E-state index contributed by atoms with van der Waals surface area (Å²) in [6, 6.07) is 0. The SMILES string of the molecule is C=CCCOCC(COCC1CO1)OCOC. The summed E-state index contributed by atoms with van der Waals surface area (Å²) in [6.07, 6.45) is 2.85. The van der Waals surface area contributed by atoms with Gasteiger partial charge in [-0.1, -0.05) is 6.08 Å². The van der Waals surface area contributed by atoms with Crippen LogP contribution in [0.4, 0.5) is 0 Å². The molecule has 1 rings (SSSR count). The number of epoxide rings is 1. The third kappa shape index (κ3) is 8.29. The molecule has 1 aliphatic rings. The van der Waals surface area contributed by atoms with Gasteiger partial charge in [0.05, 0.1) is 33.0 Å². The molecule has 0 N–H and O–H groups in total. The zero-order valence-corrected chi connectivity index (χ0v) is 10.4. The second-order valence-electron chi connectivity index (χ2n) is 3.84. The Morgan fingerprint density at radius 3 is 2.82 bits per heavy atom. The normalized spacial score (nSPS) is 20.2. The molecule has 0 aromatic rings. The molecule has 2 atom stereocenters. The van der Waals surface area contributed by atoms with Gasteiger partial charge in [-0.15, -0.1) is 6.58 Å². The van der Waals surface area contributed by atoms with Crippen LogP contribution in [-0.4, -0.2) is 59.1 Å². The number of hydrogen-bond acceptors (Lipinski definition) is 5. The summed E-state index contributed by atoms with van der Waals surface area (Å²) in [7, 11) is 1.59. The van der Waals surface area contributed by atoms with E-state index in [1.165, 1.54) is 0 Å². The van der Waals surface area contributed by atoms with Crippen molar-refractivity contribution in [1.29, 1.82) is 0 Å². The van der Waals surface area contributed by atoms with Gasteiger partial charge in [0.2, 0.25) is 0 Å². The van der Waals surface area contributed by atoms with Crippen LogP contribution in [0.25, 0.3) is 0 Å². The smallest absolute Gasteiger partial charge is 0.146 e. The van der Waals surface area contributed by atoms with Gasteiger partial charge in [0.25, 0.3) is 0 Å². The first kappa shape index (κ1) is 14.6. The Bertz CT molecular complexity index is 193. The zero-order chi connectivity index (χ0) is 12.3. The van der Waals surface area contributed by atoms with Crippen LogP contribution in [0, 0.1) is 0 Å². The molecule has 17 heavy (non-hydrogen) atoms. The van der Waals surface area contributed by atoms with Gasteiger partial charge in [-0.2, -0.15) is 0 Å². The summed E-state index contributed by atoms with van der Waals surface area (Å²) in [5, 5.41) is 0. The second kappa shape index (κ2) is 9.56. The average molecular weight is 246 g/mol. The van der Waals surface area contributed by atoms with Crippen molar-refractivity contribution in [3.8, 4) is 0 Å². The highest BCUT2D eigenvalue weighted by Crippen LogP contribution is 2.09. The molecule has 1 heterocycles. The molecular formula is C12H22O5. The van der Waals surface area contributed by atoms with Crippen molar-refractivity contribution < 1.29 is 23.7 Å². The lowest BCUT2D eigenvalue weighted by molar-refractivity contribution is -0.120. The van der Waals surface area contributed by atoms with Crippen LogP contribution < -0.4 is 0 Å². The van der Waals surface area contributed by atoms with Crippen molar-refractivity contribution in [2.75, 3.05) is 46.9 Å². The summed E-state index contributed by atoms with van der Waals surface area (Å²) in [6.45, 7) is 6.97. The van der Waals surface area contributed by atoms with E-state index in [2.05, 4.69) is 6.58 Å². The van der Waals surface area contributed by atoms with Crippen LogP contribution in [0.3, 0.4) is 0 Å². The van der Waals surface area contributed by atoms with E-state index >= 15 is 0 Å². The highest BCUT2D eigenvalue weighted by atomic mass is 16.7. The highest BCUT2D eigenvalue weighted by molar-refractivity contribution is 4.68. The lowest BCUT2D eigenvalue weighted by atomic mass is 10.4. The maximum atomic E-state index is 5.47. The Hall–Kier alpha value is -0.460. The molecule has 1 saturated heterocycles. The lowest BCUT2D eigenvalue weighted by Crippen LogP contribution is -2.27. The topological polar surface area (TPSA) is 49.5 Å². The van der Waals surface area contributed by atoms with Crippen molar-refractivity contribution in [1.82, 2.24) is 0 Å². The number of methoxy groups -OCH3 is 1. The Balaban J connectivity index is 2.04. The Kier molecular flexibility index (Phi) is 8.21. The molecule has 1 aliphatic heterocycles. The minimum absolute atomic E-state index is 0.0986. The van der Waals surface area contributed by atoms with E-state index in [9.17, 15) is 0 Å².